The molecule has 35 heavy (non-hydrogen) atoms. The Morgan fingerprint density at radius 1 is 1.17 bits per heavy atom. The first-order chi connectivity index (χ1) is 16.5. The molecule has 10 heteroatoms. The minimum Gasteiger partial charge on any atom is -0.440 e. The summed E-state index contributed by atoms with van der Waals surface area (Å²) in [7, 11) is 1.98. The number of benzene rings is 1. The molecule has 0 unspecified atom stereocenters. The molecule has 4 aromatic rings. The molecule has 8 nitrogen and oxygen atoms in total. The molecule has 0 spiro atoms. The summed E-state index contributed by atoms with van der Waals surface area (Å²) in [5.41, 5.74) is 4.67. The quantitative estimate of drug-likeness (QED) is 0.243. The zero-order chi connectivity index (χ0) is 23.3. The average molecular weight is 513 g/mol. The highest BCUT2D eigenvalue weighted by Crippen LogP contribution is 2.59. The van der Waals surface area contributed by atoms with E-state index in [9.17, 15) is 0 Å². The molecule has 1 aromatic carbocycles. The van der Waals surface area contributed by atoms with E-state index >= 15 is 0 Å². The normalized spacial score (nSPS) is 21.2. The van der Waals surface area contributed by atoms with Crippen molar-refractivity contribution in [2.24, 2.45) is 13.0 Å². The van der Waals surface area contributed by atoms with Crippen molar-refractivity contribution < 1.29 is 8.94 Å². The molecule has 1 saturated heterocycles. The maximum Gasteiger partial charge on any atom is 0.202 e. The number of rotatable bonds is 8. The Labute approximate surface area is 214 Å². The van der Waals surface area contributed by atoms with Gasteiger partial charge in [-0.05, 0) is 44.7 Å². The van der Waals surface area contributed by atoms with Crippen LogP contribution in [-0.2, 0) is 12.5 Å². The average Bonchev–Trinajstić information content (AvgIpc) is 3.31. The summed E-state index contributed by atoms with van der Waals surface area (Å²) in [6, 6.07) is 10.9. The van der Waals surface area contributed by atoms with Crippen molar-refractivity contribution in [2.75, 3.05) is 25.4 Å². The molecule has 2 atom stereocenters. The molecule has 1 aliphatic heterocycles. The van der Waals surface area contributed by atoms with Gasteiger partial charge in [0.15, 0.2) is 17.3 Å². The standard InChI is InChI=1S/C25H28N6O2S.ClH/c1-16-11-21(29-33-16)18-5-7-19(8-6-18)25-12-20(25)13-31(14-25)9-4-10-34-24-28-27-23(30(24)3)22-17(2)26-15-32-22;/h5-8,11,15,20H,4,9-10,12-14H2,1-3H3;1H/t20-,25+;/m1./s1. The Hall–Kier alpha value is -2.62. The summed E-state index contributed by atoms with van der Waals surface area (Å²) in [5, 5.41) is 13.7. The smallest absolute Gasteiger partial charge is 0.202 e. The van der Waals surface area contributed by atoms with Gasteiger partial charge in [-0.3, -0.25) is 0 Å². The van der Waals surface area contributed by atoms with Gasteiger partial charge in [-0.25, -0.2) is 4.98 Å². The van der Waals surface area contributed by atoms with Gasteiger partial charge >= 0.3 is 0 Å². The van der Waals surface area contributed by atoms with Crippen LogP contribution >= 0.6 is 24.2 Å². The Morgan fingerprint density at radius 2 is 2.00 bits per heavy atom. The molecule has 184 valence electrons. The number of thioether (sulfide) groups is 1. The molecule has 1 aliphatic carbocycles. The van der Waals surface area contributed by atoms with Crippen LogP contribution in [0.1, 0.15) is 29.9 Å². The summed E-state index contributed by atoms with van der Waals surface area (Å²) in [6.45, 7) is 7.32. The van der Waals surface area contributed by atoms with E-state index in [1.54, 1.807) is 11.8 Å². The third kappa shape index (κ3) is 4.41. The first-order valence-corrected chi connectivity index (χ1v) is 12.7. The van der Waals surface area contributed by atoms with Crippen LogP contribution in [-0.4, -0.2) is 55.2 Å². The molecule has 0 amide bonds. The number of oxazole rings is 1. The van der Waals surface area contributed by atoms with E-state index in [1.165, 1.54) is 24.9 Å². The predicted octanol–water partition coefficient (Wildman–Crippen LogP) is 4.92. The minimum absolute atomic E-state index is 0. The molecule has 1 saturated carbocycles. The largest absolute Gasteiger partial charge is 0.440 e. The van der Waals surface area contributed by atoms with Crippen molar-refractivity contribution in [3.8, 4) is 22.8 Å². The summed E-state index contributed by atoms with van der Waals surface area (Å²) in [5.74, 6) is 4.05. The van der Waals surface area contributed by atoms with Crippen LogP contribution in [0.15, 0.2) is 50.8 Å². The van der Waals surface area contributed by atoms with Gasteiger partial charge in [-0.1, -0.05) is 41.2 Å². The summed E-state index contributed by atoms with van der Waals surface area (Å²) >= 11 is 1.75. The first kappa shape index (κ1) is 24.1. The number of fused-ring (bicyclic) bond motifs is 1. The van der Waals surface area contributed by atoms with Crippen molar-refractivity contribution in [1.29, 1.82) is 0 Å². The summed E-state index contributed by atoms with van der Waals surface area (Å²) < 4.78 is 12.7. The van der Waals surface area contributed by atoms with E-state index in [1.807, 2.05) is 31.5 Å². The van der Waals surface area contributed by atoms with Crippen LogP contribution in [0.3, 0.4) is 0 Å². The fourth-order valence-corrected chi connectivity index (χ4v) is 6.12. The number of aromatic nitrogens is 5. The Bertz CT molecular complexity index is 1320. The predicted molar refractivity (Wildman–Crippen MR) is 137 cm³/mol. The highest BCUT2D eigenvalue weighted by molar-refractivity contribution is 7.99. The molecule has 2 aliphatic rings. The highest BCUT2D eigenvalue weighted by Gasteiger charge is 2.60. The third-order valence-corrected chi connectivity index (χ3v) is 8.34. The molecule has 3 aromatic heterocycles. The second kappa shape index (κ2) is 9.44. The molecule has 6 rings (SSSR count). The van der Waals surface area contributed by atoms with E-state index in [4.69, 9.17) is 8.94 Å². The van der Waals surface area contributed by atoms with Gasteiger partial charge in [-0.2, -0.15) is 0 Å². The number of halogens is 1. The van der Waals surface area contributed by atoms with Crippen molar-refractivity contribution in [3.05, 3.63) is 53.7 Å². The van der Waals surface area contributed by atoms with Crippen molar-refractivity contribution in [1.82, 2.24) is 29.8 Å². The maximum atomic E-state index is 5.47. The molecular formula is C25H29ClN6O2S. The lowest BCUT2D eigenvalue weighted by Crippen LogP contribution is -2.27. The number of hydrogen-bond acceptors (Lipinski definition) is 8. The second-order valence-corrected chi connectivity index (χ2v) is 10.6. The lowest BCUT2D eigenvalue weighted by Gasteiger charge is -2.21. The SMILES string of the molecule is Cc1cc(-c2ccc([C@@]34C[C@@H]3CN(CCCSc3nnc(-c5ocnc5C)n3C)C4)cc2)no1.Cl. The van der Waals surface area contributed by atoms with Gasteiger partial charge in [0, 0.05) is 42.9 Å². The molecular weight excluding hydrogens is 484 g/mol. The van der Waals surface area contributed by atoms with Crippen molar-refractivity contribution in [3.63, 3.8) is 0 Å². The number of piperidine rings is 1. The van der Waals surface area contributed by atoms with Gasteiger partial charge < -0.3 is 18.4 Å². The Balaban J connectivity index is 0.00000253. The summed E-state index contributed by atoms with van der Waals surface area (Å²) in [6.07, 6.45) is 3.89. The Kier molecular flexibility index (Phi) is 6.50. The van der Waals surface area contributed by atoms with Crippen LogP contribution in [0.4, 0.5) is 0 Å². The Morgan fingerprint density at radius 3 is 2.71 bits per heavy atom. The first-order valence-electron chi connectivity index (χ1n) is 11.7. The van der Waals surface area contributed by atoms with E-state index in [-0.39, 0.29) is 12.4 Å². The molecule has 4 heterocycles. The van der Waals surface area contributed by atoms with Crippen molar-refractivity contribution >= 4 is 24.2 Å². The lowest BCUT2D eigenvalue weighted by molar-refractivity contribution is 0.299. The van der Waals surface area contributed by atoms with Gasteiger partial charge in [0.25, 0.3) is 0 Å². The van der Waals surface area contributed by atoms with E-state index in [0.29, 0.717) is 11.2 Å². The van der Waals surface area contributed by atoms with Gasteiger partial charge in [0.1, 0.15) is 11.5 Å². The molecule has 0 N–H and O–H groups in total. The third-order valence-electron chi connectivity index (χ3n) is 7.23. The van der Waals surface area contributed by atoms with Crippen LogP contribution in [0.25, 0.3) is 22.8 Å². The maximum absolute atomic E-state index is 5.47. The minimum atomic E-state index is 0. The zero-order valence-corrected chi connectivity index (χ0v) is 21.7. The van der Waals surface area contributed by atoms with Crippen LogP contribution < -0.4 is 0 Å². The van der Waals surface area contributed by atoms with Crippen LogP contribution in [0, 0.1) is 19.8 Å². The molecule has 0 radical (unpaired) electrons. The van der Waals surface area contributed by atoms with E-state index in [0.717, 1.165) is 64.9 Å². The monoisotopic (exact) mass is 512 g/mol. The van der Waals surface area contributed by atoms with Gasteiger partial charge in [-0.15, -0.1) is 22.6 Å². The zero-order valence-electron chi connectivity index (χ0n) is 20.1. The topological polar surface area (TPSA) is 86.0 Å². The van der Waals surface area contributed by atoms with Crippen LogP contribution in [0.2, 0.25) is 0 Å². The highest BCUT2D eigenvalue weighted by atomic mass is 35.5. The van der Waals surface area contributed by atoms with Crippen molar-refractivity contribution in [2.45, 2.75) is 37.3 Å². The number of likely N-dealkylation sites (tertiary alicyclic amines) is 1. The fourth-order valence-electron chi connectivity index (χ4n) is 5.29. The number of hydrogen-bond donors (Lipinski definition) is 0. The van der Waals surface area contributed by atoms with E-state index in [2.05, 4.69) is 49.5 Å². The van der Waals surface area contributed by atoms with E-state index < -0.39 is 0 Å². The molecule has 0 bridgehead atoms. The molecule has 2 fully saturated rings. The van der Waals surface area contributed by atoms with Gasteiger partial charge in [0.2, 0.25) is 5.82 Å². The van der Waals surface area contributed by atoms with Gasteiger partial charge in [0.05, 0.1) is 5.69 Å². The number of aryl methyl sites for hydroxylation is 2. The lowest BCUT2D eigenvalue weighted by atomic mass is 9.93. The second-order valence-electron chi connectivity index (χ2n) is 9.53. The summed E-state index contributed by atoms with van der Waals surface area (Å²) in [4.78, 5) is 6.78. The fraction of sp³-hybridized carbons (Fsp3) is 0.440. The van der Waals surface area contributed by atoms with Crippen LogP contribution in [0.5, 0.6) is 0 Å². The number of nitrogens with zero attached hydrogens (tertiary/aromatic N) is 6.